The van der Waals surface area contributed by atoms with Gasteiger partial charge in [-0.05, 0) is 49.5 Å². The number of nitrogens with one attached hydrogen (secondary N) is 2. The maximum atomic E-state index is 12.4. The van der Waals surface area contributed by atoms with E-state index in [4.69, 9.17) is 0 Å². The zero-order valence-corrected chi connectivity index (χ0v) is 13.4. The number of carbonyl (C=O) groups excluding carboxylic acids is 1. The normalized spacial score (nSPS) is 26.4. The molecule has 0 aliphatic heterocycles. The average Bonchev–Trinajstić information content (AvgIpc) is 3.16. The van der Waals surface area contributed by atoms with E-state index in [0.29, 0.717) is 18.0 Å². The van der Waals surface area contributed by atoms with Crippen molar-refractivity contribution in [3.8, 4) is 0 Å². The van der Waals surface area contributed by atoms with E-state index in [9.17, 15) is 9.59 Å². The minimum Gasteiger partial charge on any atom is -0.352 e. The van der Waals surface area contributed by atoms with Crippen molar-refractivity contribution in [2.24, 2.45) is 17.8 Å². The second kappa shape index (κ2) is 6.23. The lowest BCUT2D eigenvalue weighted by molar-refractivity contribution is -0.126. The van der Waals surface area contributed by atoms with Crippen LogP contribution in [0.15, 0.2) is 4.79 Å². The predicted octanol–water partition coefficient (Wildman–Crippen LogP) is 1.95. The van der Waals surface area contributed by atoms with Crippen molar-refractivity contribution in [2.45, 2.75) is 58.9 Å². The van der Waals surface area contributed by atoms with Gasteiger partial charge in [-0.2, -0.15) is 5.10 Å². The topological polar surface area (TPSA) is 74.8 Å². The summed E-state index contributed by atoms with van der Waals surface area (Å²) in [6.07, 6.45) is 6.28. The number of nitrogens with zero attached hydrogens (tertiary/aromatic N) is 1. The van der Waals surface area contributed by atoms with Crippen LogP contribution < -0.4 is 10.9 Å². The van der Waals surface area contributed by atoms with Gasteiger partial charge in [0.15, 0.2) is 0 Å². The number of aromatic nitrogens is 2. The third-order valence-corrected chi connectivity index (χ3v) is 5.48. The molecule has 0 spiro atoms. The van der Waals surface area contributed by atoms with Crippen LogP contribution in [0.25, 0.3) is 0 Å². The highest BCUT2D eigenvalue weighted by atomic mass is 16.2. The second-order valence-corrected chi connectivity index (χ2v) is 6.66. The van der Waals surface area contributed by atoms with Gasteiger partial charge in [0.2, 0.25) is 5.91 Å². The average molecular weight is 303 g/mol. The number of aromatic amines is 1. The Morgan fingerprint density at radius 1 is 1.23 bits per heavy atom. The molecule has 120 valence electrons. The molecule has 0 unspecified atom stereocenters. The van der Waals surface area contributed by atoms with Crippen LogP contribution in [-0.2, 0) is 24.2 Å². The predicted molar refractivity (Wildman–Crippen MR) is 84.4 cm³/mol. The van der Waals surface area contributed by atoms with Crippen LogP contribution in [0.3, 0.4) is 0 Å². The molecule has 0 radical (unpaired) electrons. The Hall–Kier alpha value is -1.65. The molecule has 1 aromatic heterocycles. The van der Waals surface area contributed by atoms with Crippen LogP contribution in [0.5, 0.6) is 0 Å². The van der Waals surface area contributed by atoms with Crippen molar-refractivity contribution in [1.82, 2.24) is 15.5 Å². The molecule has 2 aliphatic rings. The Morgan fingerprint density at radius 3 is 2.64 bits per heavy atom. The molecule has 1 aromatic rings. The molecule has 2 bridgehead atoms. The summed E-state index contributed by atoms with van der Waals surface area (Å²) >= 11 is 0. The molecule has 2 saturated carbocycles. The summed E-state index contributed by atoms with van der Waals surface area (Å²) in [6, 6.07) is 0. The zero-order chi connectivity index (χ0) is 15.7. The van der Waals surface area contributed by atoms with Gasteiger partial charge in [0, 0.05) is 18.0 Å². The van der Waals surface area contributed by atoms with Gasteiger partial charge in [0.05, 0.1) is 5.69 Å². The number of fused-ring (bicyclic) bond motifs is 2. The summed E-state index contributed by atoms with van der Waals surface area (Å²) < 4.78 is 0. The van der Waals surface area contributed by atoms with Crippen molar-refractivity contribution in [2.75, 3.05) is 0 Å². The number of rotatable bonds is 5. The molecular weight excluding hydrogens is 278 g/mol. The lowest BCUT2D eigenvalue weighted by Crippen LogP contribution is -2.35. The minimum atomic E-state index is -0.178. The van der Waals surface area contributed by atoms with E-state index in [2.05, 4.69) is 15.5 Å². The number of amides is 1. The number of hydrogen-bond acceptors (Lipinski definition) is 3. The van der Waals surface area contributed by atoms with Crippen molar-refractivity contribution in [3.63, 3.8) is 0 Å². The van der Waals surface area contributed by atoms with Crippen molar-refractivity contribution < 1.29 is 4.79 Å². The van der Waals surface area contributed by atoms with Crippen molar-refractivity contribution >= 4 is 5.91 Å². The molecule has 2 fully saturated rings. The molecule has 0 saturated heterocycles. The molecule has 2 aliphatic carbocycles. The Bertz CT molecular complexity index is 623. The smallest absolute Gasteiger partial charge is 0.269 e. The Labute approximate surface area is 130 Å². The highest BCUT2D eigenvalue weighted by molar-refractivity contribution is 5.79. The van der Waals surface area contributed by atoms with E-state index >= 15 is 0 Å². The largest absolute Gasteiger partial charge is 0.352 e. The van der Waals surface area contributed by atoms with Gasteiger partial charge < -0.3 is 5.32 Å². The fraction of sp³-hybridized carbons (Fsp3) is 0.706. The Kier molecular flexibility index (Phi) is 4.32. The Balaban J connectivity index is 1.71. The molecule has 1 amide bonds. The van der Waals surface area contributed by atoms with Crippen molar-refractivity contribution in [1.29, 1.82) is 0 Å². The van der Waals surface area contributed by atoms with E-state index in [1.807, 2.05) is 13.8 Å². The highest BCUT2D eigenvalue weighted by Gasteiger charge is 2.42. The first-order chi connectivity index (χ1) is 10.6. The number of carbonyl (C=O) groups is 1. The summed E-state index contributed by atoms with van der Waals surface area (Å²) in [6.45, 7) is 4.37. The zero-order valence-electron chi connectivity index (χ0n) is 13.4. The fourth-order valence-corrected chi connectivity index (χ4v) is 4.33. The van der Waals surface area contributed by atoms with Crippen LogP contribution in [0.4, 0.5) is 0 Å². The van der Waals surface area contributed by atoms with Gasteiger partial charge >= 0.3 is 0 Å². The van der Waals surface area contributed by atoms with Crippen molar-refractivity contribution in [3.05, 3.63) is 27.2 Å². The first kappa shape index (κ1) is 15.3. The lowest BCUT2D eigenvalue weighted by atomic mass is 9.88. The van der Waals surface area contributed by atoms with Gasteiger partial charge in [0.1, 0.15) is 0 Å². The first-order valence-corrected chi connectivity index (χ1v) is 8.51. The molecule has 5 heteroatoms. The molecular formula is C17H25N3O2. The first-order valence-electron chi connectivity index (χ1n) is 8.51. The van der Waals surface area contributed by atoms with E-state index in [0.717, 1.165) is 36.4 Å². The van der Waals surface area contributed by atoms with Crippen LogP contribution in [0, 0.1) is 17.8 Å². The molecule has 3 atom stereocenters. The Morgan fingerprint density at radius 2 is 2.05 bits per heavy atom. The number of aryl methyl sites for hydroxylation is 1. The number of hydrogen-bond donors (Lipinski definition) is 2. The third kappa shape index (κ3) is 2.69. The minimum absolute atomic E-state index is 0.128. The van der Waals surface area contributed by atoms with E-state index in [1.54, 1.807) is 0 Å². The van der Waals surface area contributed by atoms with Gasteiger partial charge in [-0.15, -0.1) is 0 Å². The standard InChI is InChI=1S/C17H25N3O2/c1-3-12-14(17(22)20-19-15(12)4-2)9-18-16(21)13-8-10-5-6-11(13)7-10/h10-11,13H,3-9H2,1-2H3,(H,18,21)(H,20,22)/t10-,11-,13+/m0/s1. The van der Waals surface area contributed by atoms with Gasteiger partial charge in [0.25, 0.3) is 5.56 Å². The molecule has 2 N–H and O–H groups in total. The molecule has 5 nitrogen and oxygen atoms in total. The summed E-state index contributed by atoms with van der Waals surface area (Å²) in [4.78, 5) is 24.5. The maximum absolute atomic E-state index is 12.4. The quantitative estimate of drug-likeness (QED) is 0.873. The number of H-pyrrole nitrogens is 1. The second-order valence-electron chi connectivity index (χ2n) is 6.66. The fourth-order valence-electron chi connectivity index (χ4n) is 4.33. The third-order valence-electron chi connectivity index (χ3n) is 5.48. The maximum Gasteiger partial charge on any atom is 0.269 e. The van der Waals surface area contributed by atoms with E-state index in [1.165, 1.54) is 19.3 Å². The molecule has 3 rings (SSSR count). The van der Waals surface area contributed by atoms with Gasteiger partial charge in [-0.25, -0.2) is 5.10 Å². The molecule has 22 heavy (non-hydrogen) atoms. The van der Waals surface area contributed by atoms with Crippen LogP contribution in [0.1, 0.15) is 56.4 Å². The van der Waals surface area contributed by atoms with E-state index < -0.39 is 0 Å². The summed E-state index contributed by atoms with van der Waals surface area (Å²) in [5.74, 6) is 1.61. The summed E-state index contributed by atoms with van der Waals surface area (Å²) in [7, 11) is 0. The monoisotopic (exact) mass is 303 g/mol. The molecule has 0 aromatic carbocycles. The highest BCUT2D eigenvalue weighted by Crippen LogP contribution is 2.48. The van der Waals surface area contributed by atoms with Crippen LogP contribution >= 0.6 is 0 Å². The van der Waals surface area contributed by atoms with Crippen LogP contribution in [-0.4, -0.2) is 16.1 Å². The van der Waals surface area contributed by atoms with E-state index in [-0.39, 0.29) is 17.4 Å². The summed E-state index contributed by atoms with van der Waals surface area (Å²) in [5.41, 5.74) is 2.40. The lowest BCUT2D eigenvalue weighted by Gasteiger charge is -2.21. The SMILES string of the molecule is CCc1n[nH]c(=O)c(CNC(=O)[C@@H]2C[C@H]3CC[C@H]2C3)c1CC. The van der Waals surface area contributed by atoms with Gasteiger partial charge in [-0.3, -0.25) is 9.59 Å². The van der Waals surface area contributed by atoms with Crippen LogP contribution in [0.2, 0.25) is 0 Å². The molecule has 1 heterocycles. The van der Waals surface area contributed by atoms with Gasteiger partial charge in [-0.1, -0.05) is 20.3 Å². The summed E-state index contributed by atoms with van der Waals surface area (Å²) in [5, 5.41) is 9.68.